The van der Waals surface area contributed by atoms with Crippen LogP contribution in [-0.4, -0.2) is 0 Å². The third-order valence-electron chi connectivity index (χ3n) is 2.83. The topological polar surface area (TPSA) is 13.1 Å². The van der Waals surface area contributed by atoms with Gasteiger partial charge in [0.05, 0.1) is 0 Å². The van der Waals surface area contributed by atoms with E-state index in [1.807, 2.05) is 31.2 Å². The summed E-state index contributed by atoms with van der Waals surface area (Å²) in [6.45, 7) is 2.02. The van der Waals surface area contributed by atoms with Gasteiger partial charge in [-0.15, -0.1) is 0 Å². The molecule has 0 radical (unpaired) electrons. The van der Waals surface area contributed by atoms with Gasteiger partial charge in [0.2, 0.25) is 0 Å². The summed E-state index contributed by atoms with van der Waals surface area (Å²) in [5.74, 6) is 0.979. The van der Waals surface area contributed by atoms with Gasteiger partial charge in [-0.3, -0.25) is 0 Å². The minimum absolute atomic E-state index is 0.957. The Morgan fingerprint density at radius 1 is 0.812 bits per heavy atom. The summed E-state index contributed by atoms with van der Waals surface area (Å²) < 4.78 is 5.75. The zero-order valence-electron chi connectivity index (χ0n) is 9.10. The predicted octanol–water partition coefficient (Wildman–Crippen LogP) is 4.41. The third-order valence-corrected chi connectivity index (χ3v) is 2.83. The first kappa shape index (κ1) is 9.22. The fourth-order valence-electron chi connectivity index (χ4n) is 2.13. The zero-order chi connectivity index (χ0) is 11.0. The molecule has 0 bridgehead atoms. The monoisotopic (exact) mass is 208 g/mol. The molecule has 0 atom stereocenters. The van der Waals surface area contributed by atoms with Crippen LogP contribution >= 0.6 is 0 Å². The van der Waals surface area contributed by atoms with E-state index in [0.717, 1.165) is 11.3 Å². The van der Waals surface area contributed by atoms with Crippen molar-refractivity contribution in [3.63, 3.8) is 0 Å². The Hall–Kier alpha value is -2.02. The standard InChI is InChI=1S/C15H12O/c1-11-15(12-7-3-2-4-8-12)13-9-5-6-10-14(13)16-11/h2-10H,1H3. The molecular formula is C15H12O. The molecule has 3 aromatic rings. The van der Waals surface area contributed by atoms with Crippen LogP contribution in [0.5, 0.6) is 0 Å². The van der Waals surface area contributed by atoms with E-state index < -0.39 is 0 Å². The maximum Gasteiger partial charge on any atom is 0.134 e. The van der Waals surface area contributed by atoms with Crippen molar-refractivity contribution < 1.29 is 4.42 Å². The quantitative estimate of drug-likeness (QED) is 0.577. The van der Waals surface area contributed by atoms with Crippen molar-refractivity contribution in [1.82, 2.24) is 0 Å². The smallest absolute Gasteiger partial charge is 0.134 e. The lowest BCUT2D eigenvalue weighted by atomic mass is 10.0. The highest BCUT2D eigenvalue weighted by Gasteiger charge is 2.11. The van der Waals surface area contributed by atoms with Crippen LogP contribution in [0.15, 0.2) is 59.0 Å². The Morgan fingerprint density at radius 2 is 1.50 bits per heavy atom. The average Bonchev–Trinajstić information content (AvgIpc) is 2.66. The van der Waals surface area contributed by atoms with Gasteiger partial charge in [-0.25, -0.2) is 0 Å². The predicted molar refractivity (Wildman–Crippen MR) is 66.4 cm³/mol. The lowest BCUT2D eigenvalue weighted by Crippen LogP contribution is -1.77. The molecule has 2 aromatic carbocycles. The fraction of sp³-hybridized carbons (Fsp3) is 0.0667. The molecule has 3 rings (SSSR count). The van der Waals surface area contributed by atoms with Crippen molar-refractivity contribution >= 4 is 11.0 Å². The summed E-state index contributed by atoms with van der Waals surface area (Å²) in [5.41, 5.74) is 3.38. The maximum absolute atomic E-state index is 5.75. The lowest BCUT2D eigenvalue weighted by molar-refractivity contribution is 0.580. The second kappa shape index (κ2) is 3.53. The van der Waals surface area contributed by atoms with Crippen molar-refractivity contribution in [2.24, 2.45) is 0 Å². The number of furan rings is 1. The highest BCUT2D eigenvalue weighted by molar-refractivity contribution is 5.95. The first-order valence-corrected chi connectivity index (χ1v) is 5.40. The molecule has 0 saturated heterocycles. The number of benzene rings is 2. The maximum atomic E-state index is 5.75. The Labute approximate surface area is 94.3 Å². The minimum atomic E-state index is 0.957. The van der Waals surface area contributed by atoms with Crippen molar-refractivity contribution in [2.75, 3.05) is 0 Å². The summed E-state index contributed by atoms with van der Waals surface area (Å²) in [6, 6.07) is 18.5. The second-order valence-electron chi connectivity index (χ2n) is 3.90. The van der Waals surface area contributed by atoms with Gasteiger partial charge in [0.1, 0.15) is 11.3 Å². The molecule has 1 heteroatoms. The fourth-order valence-corrected chi connectivity index (χ4v) is 2.13. The summed E-state index contributed by atoms with van der Waals surface area (Å²) in [7, 11) is 0. The lowest BCUT2D eigenvalue weighted by Gasteiger charge is -1.99. The van der Waals surface area contributed by atoms with Crippen LogP contribution in [0.25, 0.3) is 22.1 Å². The number of para-hydroxylation sites is 1. The van der Waals surface area contributed by atoms with Crippen LogP contribution in [0.2, 0.25) is 0 Å². The van der Waals surface area contributed by atoms with Gasteiger partial charge in [-0.05, 0) is 18.6 Å². The molecule has 16 heavy (non-hydrogen) atoms. The molecule has 0 spiro atoms. The van der Waals surface area contributed by atoms with Gasteiger partial charge in [-0.2, -0.15) is 0 Å². The molecule has 0 amide bonds. The molecule has 0 saturated carbocycles. The average molecular weight is 208 g/mol. The number of fused-ring (bicyclic) bond motifs is 1. The number of hydrogen-bond donors (Lipinski definition) is 0. The molecule has 78 valence electrons. The highest BCUT2D eigenvalue weighted by atomic mass is 16.3. The van der Waals surface area contributed by atoms with Crippen LogP contribution in [0.4, 0.5) is 0 Å². The minimum Gasteiger partial charge on any atom is -0.461 e. The highest BCUT2D eigenvalue weighted by Crippen LogP contribution is 2.33. The normalized spacial score (nSPS) is 10.8. The van der Waals surface area contributed by atoms with Gasteiger partial charge in [0.25, 0.3) is 0 Å². The van der Waals surface area contributed by atoms with Gasteiger partial charge in [0.15, 0.2) is 0 Å². The van der Waals surface area contributed by atoms with E-state index in [4.69, 9.17) is 4.42 Å². The SMILES string of the molecule is Cc1oc2ccccc2c1-c1ccccc1. The van der Waals surface area contributed by atoms with Gasteiger partial charge >= 0.3 is 0 Å². The van der Waals surface area contributed by atoms with E-state index in [9.17, 15) is 0 Å². The summed E-state index contributed by atoms with van der Waals surface area (Å²) >= 11 is 0. The van der Waals surface area contributed by atoms with E-state index in [1.165, 1.54) is 16.5 Å². The van der Waals surface area contributed by atoms with E-state index >= 15 is 0 Å². The van der Waals surface area contributed by atoms with E-state index in [1.54, 1.807) is 0 Å². The zero-order valence-corrected chi connectivity index (χ0v) is 9.10. The number of rotatable bonds is 1. The van der Waals surface area contributed by atoms with Gasteiger partial charge in [0, 0.05) is 10.9 Å². The van der Waals surface area contributed by atoms with E-state index in [2.05, 4.69) is 30.3 Å². The Morgan fingerprint density at radius 3 is 2.31 bits per heavy atom. The van der Waals surface area contributed by atoms with Gasteiger partial charge < -0.3 is 4.42 Å². The number of aryl methyl sites for hydroxylation is 1. The Kier molecular flexibility index (Phi) is 2.03. The molecular weight excluding hydrogens is 196 g/mol. The molecule has 1 heterocycles. The summed E-state index contributed by atoms with van der Waals surface area (Å²) in [6.07, 6.45) is 0. The third kappa shape index (κ3) is 1.33. The van der Waals surface area contributed by atoms with Crippen LogP contribution in [0, 0.1) is 6.92 Å². The van der Waals surface area contributed by atoms with Gasteiger partial charge in [-0.1, -0.05) is 48.5 Å². The molecule has 0 aliphatic rings. The van der Waals surface area contributed by atoms with Crippen LogP contribution in [0.1, 0.15) is 5.76 Å². The first-order valence-electron chi connectivity index (χ1n) is 5.40. The Bertz CT molecular complexity index is 620. The summed E-state index contributed by atoms with van der Waals surface area (Å²) in [4.78, 5) is 0. The molecule has 0 fully saturated rings. The van der Waals surface area contributed by atoms with Crippen molar-refractivity contribution in [3.8, 4) is 11.1 Å². The Balaban J connectivity index is 2.35. The van der Waals surface area contributed by atoms with Crippen LogP contribution in [0.3, 0.4) is 0 Å². The molecule has 0 N–H and O–H groups in total. The van der Waals surface area contributed by atoms with Crippen LogP contribution in [-0.2, 0) is 0 Å². The summed E-state index contributed by atoms with van der Waals surface area (Å²) in [5, 5.41) is 1.19. The second-order valence-corrected chi connectivity index (χ2v) is 3.90. The molecule has 1 aromatic heterocycles. The van der Waals surface area contributed by atoms with Crippen molar-refractivity contribution in [1.29, 1.82) is 0 Å². The largest absolute Gasteiger partial charge is 0.461 e. The first-order chi connectivity index (χ1) is 7.86. The van der Waals surface area contributed by atoms with Crippen molar-refractivity contribution in [2.45, 2.75) is 6.92 Å². The molecule has 1 nitrogen and oxygen atoms in total. The molecule has 0 aliphatic carbocycles. The van der Waals surface area contributed by atoms with Crippen LogP contribution < -0.4 is 0 Å². The van der Waals surface area contributed by atoms with E-state index in [-0.39, 0.29) is 0 Å². The molecule has 0 unspecified atom stereocenters. The number of hydrogen-bond acceptors (Lipinski definition) is 1. The molecule has 0 aliphatic heterocycles. The van der Waals surface area contributed by atoms with E-state index in [0.29, 0.717) is 0 Å². The van der Waals surface area contributed by atoms with Crippen molar-refractivity contribution in [3.05, 3.63) is 60.4 Å².